The summed E-state index contributed by atoms with van der Waals surface area (Å²) in [4.78, 5) is 4.38. The van der Waals surface area contributed by atoms with E-state index < -0.39 is 0 Å². The smallest absolute Gasteiger partial charge is 0.135 e. The summed E-state index contributed by atoms with van der Waals surface area (Å²) in [6.45, 7) is 0.872. The highest BCUT2D eigenvalue weighted by atomic mass is 16.5. The number of imidazole rings is 1. The molecule has 1 aliphatic rings. The third-order valence-electron chi connectivity index (χ3n) is 2.95. The van der Waals surface area contributed by atoms with E-state index in [1.54, 1.807) is 0 Å². The molecule has 1 fully saturated rings. The lowest BCUT2D eigenvalue weighted by Gasteiger charge is -2.24. The molecule has 0 saturated carbocycles. The summed E-state index contributed by atoms with van der Waals surface area (Å²) < 4.78 is 7.90. The van der Waals surface area contributed by atoms with E-state index in [-0.39, 0.29) is 6.23 Å². The lowest BCUT2D eigenvalue weighted by atomic mass is 10.2. The molecule has 1 aliphatic heterocycles. The minimum Gasteiger partial charge on any atom is -0.358 e. The number of benzene rings is 1. The normalized spacial score (nSPS) is 22.0. The van der Waals surface area contributed by atoms with E-state index in [2.05, 4.69) is 15.6 Å². The van der Waals surface area contributed by atoms with Crippen LogP contribution in [0.3, 0.4) is 0 Å². The van der Waals surface area contributed by atoms with Gasteiger partial charge in [-0.1, -0.05) is 12.1 Å². The first-order valence-corrected chi connectivity index (χ1v) is 5.48. The number of nitrogens with zero attached hydrogens (tertiary/aromatic N) is 2. The monoisotopic (exact) mass is 202 g/mol. The highest BCUT2D eigenvalue weighted by molar-refractivity contribution is 5.75. The second-order valence-corrected chi connectivity index (χ2v) is 3.96. The van der Waals surface area contributed by atoms with E-state index in [4.69, 9.17) is 4.74 Å². The summed E-state index contributed by atoms with van der Waals surface area (Å²) in [6, 6.07) is 8.19. The van der Waals surface area contributed by atoms with Gasteiger partial charge in [0.1, 0.15) is 6.23 Å². The molecule has 0 spiro atoms. The quantitative estimate of drug-likeness (QED) is 0.711. The van der Waals surface area contributed by atoms with Gasteiger partial charge in [0, 0.05) is 6.61 Å². The zero-order valence-corrected chi connectivity index (χ0v) is 8.60. The van der Waals surface area contributed by atoms with Crippen LogP contribution in [0.25, 0.3) is 11.0 Å². The van der Waals surface area contributed by atoms with Crippen molar-refractivity contribution < 1.29 is 4.74 Å². The molecule has 0 aliphatic carbocycles. The molecule has 15 heavy (non-hydrogen) atoms. The van der Waals surface area contributed by atoms with E-state index in [9.17, 15) is 0 Å². The Bertz CT molecular complexity index is 457. The zero-order valence-electron chi connectivity index (χ0n) is 8.60. The molecule has 0 radical (unpaired) electrons. The third-order valence-corrected chi connectivity index (χ3v) is 2.95. The topological polar surface area (TPSA) is 27.1 Å². The second-order valence-electron chi connectivity index (χ2n) is 3.96. The van der Waals surface area contributed by atoms with Gasteiger partial charge < -0.3 is 9.30 Å². The van der Waals surface area contributed by atoms with Gasteiger partial charge in [-0.2, -0.15) is 0 Å². The van der Waals surface area contributed by atoms with Gasteiger partial charge in [0.2, 0.25) is 0 Å². The lowest BCUT2D eigenvalue weighted by Crippen LogP contribution is -2.17. The predicted molar refractivity (Wildman–Crippen MR) is 58.6 cm³/mol. The van der Waals surface area contributed by atoms with Crippen LogP contribution >= 0.6 is 0 Å². The van der Waals surface area contributed by atoms with Crippen molar-refractivity contribution in [2.24, 2.45) is 0 Å². The molecule has 3 nitrogen and oxygen atoms in total. The summed E-state index contributed by atoms with van der Waals surface area (Å²) in [5, 5.41) is 0. The molecular weight excluding hydrogens is 188 g/mol. The molecule has 2 aromatic rings. The first kappa shape index (κ1) is 8.92. The van der Waals surface area contributed by atoms with Crippen molar-refractivity contribution in [2.75, 3.05) is 6.61 Å². The van der Waals surface area contributed by atoms with Crippen LogP contribution in [0.5, 0.6) is 0 Å². The SMILES string of the molecule is c1ccc2c(c1)ncn2C1CCCCO1. The van der Waals surface area contributed by atoms with E-state index >= 15 is 0 Å². The van der Waals surface area contributed by atoms with Gasteiger partial charge >= 0.3 is 0 Å². The van der Waals surface area contributed by atoms with Crippen molar-refractivity contribution in [1.29, 1.82) is 0 Å². The van der Waals surface area contributed by atoms with E-state index in [1.165, 1.54) is 18.4 Å². The molecule has 1 aromatic heterocycles. The van der Waals surface area contributed by atoms with Gasteiger partial charge in [0.25, 0.3) is 0 Å². The van der Waals surface area contributed by atoms with Crippen molar-refractivity contribution >= 4 is 11.0 Å². The van der Waals surface area contributed by atoms with E-state index in [0.717, 1.165) is 18.5 Å². The standard InChI is InChI=1S/C12H14N2O/c1-2-6-11-10(5-1)13-9-14(11)12-7-3-4-8-15-12/h1-2,5-6,9,12H,3-4,7-8H2. The Hall–Kier alpha value is -1.35. The van der Waals surface area contributed by atoms with Crippen molar-refractivity contribution in [1.82, 2.24) is 9.55 Å². The van der Waals surface area contributed by atoms with E-state index in [0.29, 0.717) is 0 Å². The molecule has 1 atom stereocenters. The highest BCUT2D eigenvalue weighted by Gasteiger charge is 2.17. The van der Waals surface area contributed by atoms with Crippen LogP contribution in [0.15, 0.2) is 30.6 Å². The van der Waals surface area contributed by atoms with Crippen molar-refractivity contribution in [2.45, 2.75) is 25.5 Å². The zero-order chi connectivity index (χ0) is 10.1. The summed E-state index contributed by atoms with van der Waals surface area (Å²) in [5.74, 6) is 0. The number of aromatic nitrogens is 2. The van der Waals surface area contributed by atoms with Gasteiger partial charge in [0.15, 0.2) is 0 Å². The molecular formula is C12H14N2O. The maximum atomic E-state index is 5.75. The summed E-state index contributed by atoms with van der Waals surface area (Å²) >= 11 is 0. The Morgan fingerprint density at radius 1 is 1.27 bits per heavy atom. The fraction of sp³-hybridized carbons (Fsp3) is 0.417. The Labute approximate surface area is 88.7 Å². The van der Waals surface area contributed by atoms with Crippen LogP contribution in [0.1, 0.15) is 25.5 Å². The van der Waals surface area contributed by atoms with Gasteiger partial charge in [-0.15, -0.1) is 0 Å². The fourth-order valence-electron chi connectivity index (χ4n) is 2.15. The lowest BCUT2D eigenvalue weighted by molar-refractivity contribution is -0.0295. The van der Waals surface area contributed by atoms with Crippen LogP contribution in [-0.2, 0) is 4.74 Å². The molecule has 0 N–H and O–H groups in total. The third kappa shape index (κ3) is 1.53. The molecule has 0 bridgehead atoms. The highest BCUT2D eigenvalue weighted by Crippen LogP contribution is 2.25. The Morgan fingerprint density at radius 2 is 2.20 bits per heavy atom. The largest absolute Gasteiger partial charge is 0.358 e. The Balaban J connectivity index is 2.02. The Kier molecular flexibility index (Phi) is 2.18. The number of fused-ring (bicyclic) bond motifs is 1. The van der Waals surface area contributed by atoms with Gasteiger partial charge in [-0.05, 0) is 31.4 Å². The maximum Gasteiger partial charge on any atom is 0.135 e. The Morgan fingerprint density at radius 3 is 3.07 bits per heavy atom. The first-order valence-electron chi connectivity index (χ1n) is 5.48. The summed E-state index contributed by atoms with van der Waals surface area (Å²) in [7, 11) is 0. The van der Waals surface area contributed by atoms with Gasteiger partial charge in [0.05, 0.1) is 17.4 Å². The molecule has 78 valence electrons. The van der Waals surface area contributed by atoms with Gasteiger partial charge in [-0.3, -0.25) is 0 Å². The predicted octanol–water partition coefficient (Wildman–Crippen LogP) is 2.74. The molecule has 1 aromatic carbocycles. The maximum absolute atomic E-state index is 5.75. The van der Waals surface area contributed by atoms with Crippen LogP contribution < -0.4 is 0 Å². The van der Waals surface area contributed by atoms with Crippen LogP contribution in [0, 0.1) is 0 Å². The van der Waals surface area contributed by atoms with Crippen LogP contribution in [0.4, 0.5) is 0 Å². The first-order chi connectivity index (χ1) is 7.45. The van der Waals surface area contributed by atoms with E-state index in [1.807, 2.05) is 24.5 Å². The molecule has 1 unspecified atom stereocenters. The number of para-hydroxylation sites is 2. The van der Waals surface area contributed by atoms with Crippen LogP contribution in [0.2, 0.25) is 0 Å². The average Bonchev–Trinajstić information content (AvgIpc) is 2.74. The fourth-order valence-corrected chi connectivity index (χ4v) is 2.15. The number of hydrogen-bond donors (Lipinski definition) is 0. The number of hydrogen-bond acceptors (Lipinski definition) is 2. The minimum absolute atomic E-state index is 0.186. The minimum atomic E-state index is 0.186. The number of ether oxygens (including phenoxy) is 1. The average molecular weight is 202 g/mol. The van der Waals surface area contributed by atoms with Crippen molar-refractivity contribution in [3.8, 4) is 0 Å². The van der Waals surface area contributed by atoms with Gasteiger partial charge in [-0.25, -0.2) is 4.98 Å². The van der Waals surface area contributed by atoms with Crippen LogP contribution in [-0.4, -0.2) is 16.2 Å². The molecule has 2 heterocycles. The summed E-state index contributed by atoms with van der Waals surface area (Å²) in [5.41, 5.74) is 2.22. The number of rotatable bonds is 1. The summed E-state index contributed by atoms with van der Waals surface area (Å²) in [6.07, 6.45) is 5.60. The second kappa shape index (κ2) is 3.66. The van der Waals surface area contributed by atoms with Crippen molar-refractivity contribution in [3.05, 3.63) is 30.6 Å². The molecule has 3 rings (SSSR count). The molecule has 0 amide bonds. The van der Waals surface area contributed by atoms with Crippen molar-refractivity contribution in [3.63, 3.8) is 0 Å². The molecule has 1 saturated heterocycles. The molecule has 3 heteroatoms.